The number of halogens is 4. The van der Waals surface area contributed by atoms with E-state index in [0.29, 0.717) is 0 Å². The molecule has 3 rings (SSSR count). The number of fused-ring (bicyclic) bond motifs is 1. The number of rotatable bonds is 3. The Labute approximate surface area is 123 Å². The maximum absolute atomic E-state index is 13.7. The lowest BCUT2D eigenvalue weighted by Crippen LogP contribution is -2.17. The van der Waals surface area contributed by atoms with Crippen LogP contribution in [0.4, 0.5) is 28.9 Å². The molecule has 0 unspecified atom stereocenters. The van der Waals surface area contributed by atoms with Gasteiger partial charge in [-0.1, -0.05) is 0 Å². The first kappa shape index (κ1) is 14.8. The van der Waals surface area contributed by atoms with E-state index >= 15 is 0 Å². The van der Waals surface area contributed by atoms with Crippen LogP contribution in [0.15, 0.2) is 33.7 Å². The molecule has 0 amide bonds. The van der Waals surface area contributed by atoms with Crippen molar-refractivity contribution in [1.82, 2.24) is 15.3 Å². The van der Waals surface area contributed by atoms with Gasteiger partial charge < -0.3 is 15.0 Å². The minimum atomic E-state index is -4.92. The van der Waals surface area contributed by atoms with E-state index in [1.165, 1.54) is 6.07 Å². The van der Waals surface area contributed by atoms with Crippen molar-refractivity contribution >= 4 is 22.5 Å². The first-order valence-corrected chi connectivity index (χ1v) is 6.00. The molecule has 1 aromatic carbocycles. The highest BCUT2D eigenvalue weighted by atomic mass is 19.4. The van der Waals surface area contributed by atoms with Gasteiger partial charge in [-0.3, -0.25) is 4.79 Å². The summed E-state index contributed by atoms with van der Waals surface area (Å²) in [6.45, 7) is 0. The van der Waals surface area contributed by atoms with E-state index in [-0.39, 0.29) is 22.5 Å². The van der Waals surface area contributed by atoms with Crippen LogP contribution in [0.1, 0.15) is 0 Å². The summed E-state index contributed by atoms with van der Waals surface area (Å²) in [6, 6.07) is 3.56. The Kier molecular flexibility index (Phi) is 3.39. The van der Waals surface area contributed by atoms with Crippen molar-refractivity contribution in [3.05, 3.63) is 40.4 Å². The Bertz CT molecular complexity index is 919. The van der Waals surface area contributed by atoms with Gasteiger partial charge in [0.2, 0.25) is 5.65 Å². The minimum absolute atomic E-state index is 0.0789. The van der Waals surface area contributed by atoms with Gasteiger partial charge in [-0.15, -0.1) is 13.2 Å². The average molecular weight is 330 g/mol. The molecule has 120 valence electrons. The zero-order chi connectivity index (χ0) is 16.6. The topological polar surface area (TPSA) is 93.0 Å². The number of aromatic nitrogens is 3. The number of hydrogen-bond acceptors (Lipinski definition) is 6. The van der Waals surface area contributed by atoms with E-state index in [2.05, 4.69) is 30.0 Å². The number of nitrogens with one attached hydrogen (secondary N) is 2. The summed E-state index contributed by atoms with van der Waals surface area (Å²) in [5.74, 6) is -1.51. The molecule has 23 heavy (non-hydrogen) atoms. The predicted octanol–water partition coefficient (Wildman–Crippen LogP) is 2.69. The van der Waals surface area contributed by atoms with Gasteiger partial charge in [-0.25, -0.2) is 9.02 Å². The quantitative estimate of drug-likeness (QED) is 0.717. The summed E-state index contributed by atoms with van der Waals surface area (Å²) in [5.41, 5.74) is -0.968. The molecule has 0 bridgehead atoms. The lowest BCUT2D eigenvalue weighted by molar-refractivity contribution is -0.274. The summed E-state index contributed by atoms with van der Waals surface area (Å²) in [6.07, 6.45) is -4.92. The van der Waals surface area contributed by atoms with E-state index in [9.17, 15) is 22.4 Å². The van der Waals surface area contributed by atoms with Crippen molar-refractivity contribution in [1.29, 1.82) is 0 Å². The van der Waals surface area contributed by atoms with Crippen molar-refractivity contribution in [2.45, 2.75) is 6.36 Å². The highest BCUT2D eigenvalue weighted by Gasteiger charge is 2.31. The number of anilines is 2. The maximum atomic E-state index is 13.7. The fourth-order valence-corrected chi connectivity index (χ4v) is 1.79. The van der Waals surface area contributed by atoms with E-state index in [4.69, 9.17) is 0 Å². The molecule has 0 atom stereocenters. The Morgan fingerprint density at radius 2 is 1.96 bits per heavy atom. The van der Waals surface area contributed by atoms with Crippen LogP contribution in [-0.4, -0.2) is 21.7 Å². The summed E-state index contributed by atoms with van der Waals surface area (Å²) in [4.78, 5) is 14.1. The first-order valence-electron chi connectivity index (χ1n) is 6.00. The molecule has 0 aliphatic heterocycles. The third-order valence-electron chi connectivity index (χ3n) is 2.71. The number of nitrogens with zero attached hydrogens (tertiary/aromatic N) is 2. The van der Waals surface area contributed by atoms with Gasteiger partial charge >= 0.3 is 6.36 Å². The van der Waals surface area contributed by atoms with Gasteiger partial charge in [0.05, 0.1) is 5.69 Å². The van der Waals surface area contributed by atoms with E-state index in [0.717, 1.165) is 18.2 Å². The van der Waals surface area contributed by atoms with Crippen LogP contribution < -0.4 is 15.6 Å². The Morgan fingerprint density at radius 3 is 2.70 bits per heavy atom. The lowest BCUT2D eigenvalue weighted by atomic mass is 10.2. The largest absolute Gasteiger partial charge is 0.573 e. The number of benzene rings is 1. The number of H-pyrrole nitrogens is 1. The number of hydrogen-bond donors (Lipinski definition) is 2. The average Bonchev–Trinajstić information content (AvgIpc) is 2.88. The summed E-state index contributed by atoms with van der Waals surface area (Å²) < 4.78 is 58.4. The highest BCUT2D eigenvalue weighted by molar-refractivity contribution is 5.75. The zero-order valence-corrected chi connectivity index (χ0v) is 10.9. The van der Waals surface area contributed by atoms with Crippen LogP contribution in [0.5, 0.6) is 5.75 Å². The standard InChI is InChI=1S/C12H6F4N4O3/c13-6-2-1-5(22-12(14,15)16)3-7(6)17-9-4-8-10(18-11(9)21)20-23-19-8/h1-4,17H,(H,18,20,21). The lowest BCUT2D eigenvalue weighted by Gasteiger charge is -2.11. The second-order valence-electron chi connectivity index (χ2n) is 4.32. The molecular formula is C12H6F4N4O3. The molecule has 2 aromatic heterocycles. The Balaban J connectivity index is 1.96. The molecular weight excluding hydrogens is 324 g/mol. The van der Waals surface area contributed by atoms with Crippen LogP contribution in [0.2, 0.25) is 0 Å². The predicted molar refractivity (Wildman–Crippen MR) is 68.8 cm³/mol. The zero-order valence-electron chi connectivity index (χ0n) is 10.9. The second kappa shape index (κ2) is 5.26. The third kappa shape index (κ3) is 3.22. The fraction of sp³-hybridized carbons (Fsp3) is 0.0833. The number of pyridine rings is 1. The second-order valence-corrected chi connectivity index (χ2v) is 4.32. The van der Waals surface area contributed by atoms with Gasteiger partial charge in [0.1, 0.15) is 17.3 Å². The first-order chi connectivity index (χ1) is 10.8. The van der Waals surface area contributed by atoms with E-state index < -0.39 is 23.5 Å². The van der Waals surface area contributed by atoms with Crippen molar-refractivity contribution < 1.29 is 26.9 Å². The van der Waals surface area contributed by atoms with Gasteiger partial charge in [0, 0.05) is 12.1 Å². The number of aromatic amines is 1. The number of ether oxygens (including phenoxy) is 1. The smallest absolute Gasteiger partial charge is 0.406 e. The Morgan fingerprint density at radius 1 is 1.17 bits per heavy atom. The molecule has 0 aliphatic carbocycles. The van der Waals surface area contributed by atoms with E-state index in [1.54, 1.807) is 0 Å². The van der Waals surface area contributed by atoms with Gasteiger partial charge in [-0.2, -0.15) is 0 Å². The van der Waals surface area contributed by atoms with Crippen molar-refractivity contribution in [3.63, 3.8) is 0 Å². The van der Waals surface area contributed by atoms with Crippen molar-refractivity contribution in [3.8, 4) is 5.75 Å². The molecule has 7 nitrogen and oxygen atoms in total. The molecule has 0 spiro atoms. The number of alkyl halides is 3. The van der Waals surface area contributed by atoms with Crippen LogP contribution in [-0.2, 0) is 0 Å². The SMILES string of the molecule is O=c1[nH]c2nonc2cc1Nc1cc(OC(F)(F)F)ccc1F. The molecule has 0 saturated heterocycles. The van der Waals surface area contributed by atoms with Gasteiger partial charge in [-0.05, 0) is 22.4 Å². The van der Waals surface area contributed by atoms with Crippen LogP contribution >= 0.6 is 0 Å². The van der Waals surface area contributed by atoms with Crippen LogP contribution in [0.25, 0.3) is 11.2 Å². The minimum Gasteiger partial charge on any atom is -0.406 e. The normalized spacial score (nSPS) is 11.7. The summed E-state index contributed by atoms with van der Waals surface area (Å²) in [5, 5.41) is 9.27. The van der Waals surface area contributed by atoms with Crippen LogP contribution in [0.3, 0.4) is 0 Å². The summed E-state index contributed by atoms with van der Waals surface area (Å²) >= 11 is 0. The molecule has 0 saturated carbocycles. The molecule has 0 radical (unpaired) electrons. The summed E-state index contributed by atoms with van der Waals surface area (Å²) in [7, 11) is 0. The molecule has 2 heterocycles. The third-order valence-corrected chi connectivity index (χ3v) is 2.71. The van der Waals surface area contributed by atoms with Crippen molar-refractivity contribution in [2.24, 2.45) is 0 Å². The van der Waals surface area contributed by atoms with E-state index in [1.807, 2.05) is 0 Å². The molecule has 11 heteroatoms. The molecule has 3 aromatic rings. The van der Waals surface area contributed by atoms with Crippen molar-refractivity contribution in [2.75, 3.05) is 5.32 Å². The molecule has 0 fully saturated rings. The van der Waals surface area contributed by atoms with Crippen LogP contribution in [0, 0.1) is 5.82 Å². The Hall–Kier alpha value is -3.11. The molecule has 0 aliphatic rings. The monoisotopic (exact) mass is 330 g/mol. The van der Waals surface area contributed by atoms with Gasteiger partial charge in [0.25, 0.3) is 5.56 Å². The molecule has 2 N–H and O–H groups in total. The fourth-order valence-electron chi connectivity index (χ4n) is 1.79. The highest BCUT2D eigenvalue weighted by Crippen LogP contribution is 2.28. The van der Waals surface area contributed by atoms with Gasteiger partial charge in [0.15, 0.2) is 5.52 Å². The maximum Gasteiger partial charge on any atom is 0.573 e.